The maximum atomic E-state index is 11.8. The van der Waals surface area contributed by atoms with Gasteiger partial charge < -0.3 is 10.0 Å². The molecule has 0 aliphatic rings. The molecule has 0 radical (unpaired) electrons. The van der Waals surface area contributed by atoms with E-state index in [1.54, 1.807) is 14.0 Å². The van der Waals surface area contributed by atoms with Crippen LogP contribution >= 0.6 is 11.3 Å². The van der Waals surface area contributed by atoms with Gasteiger partial charge in [0.15, 0.2) is 0 Å². The van der Waals surface area contributed by atoms with Crippen LogP contribution in [0.5, 0.6) is 0 Å². The number of aliphatic carboxylic acids is 1. The second-order valence-electron chi connectivity index (χ2n) is 4.05. The summed E-state index contributed by atoms with van der Waals surface area (Å²) in [6.45, 7) is 3.69. The van der Waals surface area contributed by atoms with Crippen LogP contribution in [0.15, 0.2) is 5.38 Å². The number of carbonyl (C=O) groups excluding carboxylic acids is 1. The van der Waals surface area contributed by atoms with Crippen molar-refractivity contribution < 1.29 is 14.7 Å². The highest BCUT2D eigenvalue weighted by Crippen LogP contribution is 2.09. The van der Waals surface area contributed by atoms with E-state index in [4.69, 9.17) is 5.11 Å². The lowest BCUT2D eigenvalue weighted by molar-refractivity contribution is -0.142. The highest BCUT2D eigenvalue weighted by molar-refractivity contribution is 7.09. The summed E-state index contributed by atoms with van der Waals surface area (Å²) < 4.78 is 0. The fraction of sp³-hybridized carbons (Fsp3) is 0.545. The smallest absolute Gasteiger partial charge is 0.308 e. The predicted octanol–water partition coefficient (Wildman–Crippen LogP) is 1.17. The fourth-order valence-electron chi connectivity index (χ4n) is 1.37. The zero-order chi connectivity index (χ0) is 13.0. The average Bonchev–Trinajstić information content (AvgIpc) is 2.63. The quantitative estimate of drug-likeness (QED) is 0.858. The molecule has 0 spiro atoms. The molecule has 6 heteroatoms. The number of carbonyl (C=O) groups is 2. The summed E-state index contributed by atoms with van der Waals surface area (Å²) in [6, 6.07) is 0. The molecule has 0 saturated heterocycles. The number of nitrogens with zero attached hydrogens (tertiary/aromatic N) is 2. The van der Waals surface area contributed by atoms with Gasteiger partial charge in [0.2, 0.25) is 5.91 Å². The monoisotopic (exact) mass is 256 g/mol. The number of aromatic nitrogens is 1. The average molecular weight is 256 g/mol. The molecule has 0 aliphatic carbocycles. The molecule has 0 bridgehead atoms. The minimum absolute atomic E-state index is 0.108. The third-order valence-electron chi connectivity index (χ3n) is 2.39. The number of carboxylic acid groups (broad SMARTS) is 1. The number of carboxylic acids is 1. The van der Waals surface area contributed by atoms with Crippen molar-refractivity contribution in [1.29, 1.82) is 0 Å². The molecule has 0 aromatic carbocycles. The van der Waals surface area contributed by atoms with E-state index in [0.717, 1.165) is 10.7 Å². The Morgan fingerprint density at radius 2 is 2.24 bits per heavy atom. The van der Waals surface area contributed by atoms with Crippen LogP contribution in [0.2, 0.25) is 0 Å². The molecule has 0 aliphatic heterocycles. The molecule has 1 N–H and O–H groups in total. The molecule has 0 saturated carbocycles. The highest BCUT2D eigenvalue weighted by Gasteiger charge is 2.18. The standard InChI is InChI=1S/C11H16N2O3S/c1-7(11(15)16)5-13(3)10(14)4-9-6-17-8(2)12-9/h6-7H,4-5H2,1-3H3,(H,15,16). The molecule has 5 nitrogen and oxygen atoms in total. The molecular formula is C11H16N2O3S. The number of aryl methyl sites for hydroxylation is 1. The van der Waals surface area contributed by atoms with Crippen LogP contribution < -0.4 is 0 Å². The number of rotatable bonds is 5. The number of amides is 1. The first-order chi connectivity index (χ1) is 7.90. The summed E-state index contributed by atoms with van der Waals surface area (Å²) >= 11 is 1.50. The van der Waals surface area contributed by atoms with Gasteiger partial charge in [-0.15, -0.1) is 11.3 Å². The summed E-state index contributed by atoms with van der Waals surface area (Å²) in [5.41, 5.74) is 0.743. The Balaban J connectivity index is 2.50. The van der Waals surface area contributed by atoms with Crippen LogP contribution in [0.3, 0.4) is 0 Å². The van der Waals surface area contributed by atoms with Gasteiger partial charge in [-0.3, -0.25) is 9.59 Å². The normalized spacial score (nSPS) is 12.2. The van der Waals surface area contributed by atoms with E-state index in [9.17, 15) is 9.59 Å². The van der Waals surface area contributed by atoms with Gasteiger partial charge in [-0.1, -0.05) is 6.92 Å². The van der Waals surface area contributed by atoms with Crippen molar-refractivity contribution in [2.45, 2.75) is 20.3 Å². The van der Waals surface area contributed by atoms with Crippen molar-refractivity contribution in [2.75, 3.05) is 13.6 Å². The van der Waals surface area contributed by atoms with Crippen molar-refractivity contribution >= 4 is 23.2 Å². The van der Waals surface area contributed by atoms with Gasteiger partial charge in [-0.05, 0) is 6.92 Å². The number of hydrogen-bond donors (Lipinski definition) is 1. The van der Waals surface area contributed by atoms with Crippen LogP contribution in [0.1, 0.15) is 17.6 Å². The zero-order valence-corrected chi connectivity index (χ0v) is 11.0. The van der Waals surface area contributed by atoms with Crippen molar-refractivity contribution in [3.8, 4) is 0 Å². The van der Waals surface area contributed by atoms with Gasteiger partial charge in [0.05, 0.1) is 23.0 Å². The molecule has 1 rings (SSSR count). The lowest BCUT2D eigenvalue weighted by Gasteiger charge is -2.18. The molecule has 0 fully saturated rings. The molecule has 94 valence electrons. The number of hydrogen-bond acceptors (Lipinski definition) is 4. The van der Waals surface area contributed by atoms with Crippen LogP contribution in [-0.2, 0) is 16.0 Å². The Morgan fingerprint density at radius 3 is 2.71 bits per heavy atom. The fourth-order valence-corrected chi connectivity index (χ4v) is 1.98. The van der Waals surface area contributed by atoms with Gasteiger partial charge in [0, 0.05) is 19.0 Å². The molecular weight excluding hydrogens is 240 g/mol. The lowest BCUT2D eigenvalue weighted by atomic mass is 10.1. The van der Waals surface area contributed by atoms with Gasteiger partial charge in [0.1, 0.15) is 0 Å². The first kappa shape index (κ1) is 13.6. The first-order valence-corrected chi connectivity index (χ1v) is 6.16. The van der Waals surface area contributed by atoms with E-state index < -0.39 is 11.9 Å². The van der Waals surface area contributed by atoms with Crippen molar-refractivity contribution in [1.82, 2.24) is 9.88 Å². The van der Waals surface area contributed by atoms with E-state index in [2.05, 4.69) is 4.98 Å². The maximum absolute atomic E-state index is 11.8. The molecule has 1 amide bonds. The first-order valence-electron chi connectivity index (χ1n) is 5.28. The molecule has 1 atom stereocenters. The Kier molecular flexibility index (Phi) is 4.62. The van der Waals surface area contributed by atoms with E-state index in [-0.39, 0.29) is 18.9 Å². The second kappa shape index (κ2) is 5.77. The van der Waals surface area contributed by atoms with Gasteiger partial charge in [-0.25, -0.2) is 4.98 Å². The van der Waals surface area contributed by atoms with Gasteiger partial charge in [-0.2, -0.15) is 0 Å². The van der Waals surface area contributed by atoms with Crippen LogP contribution in [0.4, 0.5) is 0 Å². The number of thiazole rings is 1. The number of likely N-dealkylation sites (N-methyl/N-ethyl adjacent to an activating group) is 1. The maximum Gasteiger partial charge on any atom is 0.308 e. The molecule has 17 heavy (non-hydrogen) atoms. The molecule has 1 aromatic heterocycles. The largest absolute Gasteiger partial charge is 0.481 e. The summed E-state index contributed by atoms with van der Waals surface area (Å²) in [6.07, 6.45) is 0.229. The summed E-state index contributed by atoms with van der Waals surface area (Å²) in [4.78, 5) is 28.1. The van der Waals surface area contributed by atoms with Crippen LogP contribution in [-0.4, -0.2) is 40.5 Å². The van der Waals surface area contributed by atoms with Gasteiger partial charge >= 0.3 is 5.97 Å². The van der Waals surface area contributed by atoms with Crippen LogP contribution in [0.25, 0.3) is 0 Å². The second-order valence-corrected chi connectivity index (χ2v) is 5.11. The van der Waals surface area contributed by atoms with Crippen LogP contribution in [0, 0.1) is 12.8 Å². The van der Waals surface area contributed by atoms with Gasteiger partial charge in [0.25, 0.3) is 0 Å². The van der Waals surface area contributed by atoms with Crippen molar-refractivity contribution in [3.63, 3.8) is 0 Å². The van der Waals surface area contributed by atoms with E-state index in [0.29, 0.717) is 0 Å². The summed E-state index contributed by atoms with van der Waals surface area (Å²) in [5.74, 6) is -1.56. The topological polar surface area (TPSA) is 70.5 Å². The van der Waals surface area contributed by atoms with E-state index >= 15 is 0 Å². The minimum Gasteiger partial charge on any atom is -0.481 e. The Labute approximate surface area is 104 Å². The summed E-state index contributed by atoms with van der Waals surface area (Å²) in [5, 5.41) is 11.5. The third-order valence-corrected chi connectivity index (χ3v) is 3.22. The third kappa shape index (κ3) is 4.14. The Hall–Kier alpha value is -1.43. The molecule has 1 heterocycles. The molecule has 1 aromatic rings. The lowest BCUT2D eigenvalue weighted by Crippen LogP contribution is -2.34. The molecule has 1 unspecified atom stereocenters. The highest BCUT2D eigenvalue weighted by atomic mass is 32.1. The zero-order valence-electron chi connectivity index (χ0n) is 10.1. The van der Waals surface area contributed by atoms with E-state index in [1.165, 1.54) is 16.2 Å². The van der Waals surface area contributed by atoms with Crippen molar-refractivity contribution in [3.05, 3.63) is 16.1 Å². The Bertz CT molecular complexity index is 417. The minimum atomic E-state index is -0.894. The summed E-state index contributed by atoms with van der Waals surface area (Å²) in [7, 11) is 1.61. The van der Waals surface area contributed by atoms with E-state index in [1.807, 2.05) is 12.3 Å². The predicted molar refractivity (Wildman–Crippen MR) is 65.0 cm³/mol. The Morgan fingerprint density at radius 1 is 1.59 bits per heavy atom. The van der Waals surface area contributed by atoms with Crippen molar-refractivity contribution in [2.24, 2.45) is 5.92 Å². The SMILES string of the molecule is Cc1nc(CC(=O)N(C)CC(C)C(=O)O)cs1.